The lowest BCUT2D eigenvalue weighted by Gasteiger charge is -2.36. The molecule has 1 aliphatic heterocycles. The van der Waals surface area contributed by atoms with E-state index in [1.165, 1.54) is 0 Å². The minimum absolute atomic E-state index is 0.0255. The highest BCUT2D eigenvalue weighted by molar-refractivity contribution is 6.35. The molecule has 0 amide bonds. The zero-order valence-corrected chi connectivity index (χ0v) is 18.2. The highest BCUT2D eigenvalue weighted by Crippen LogP contribution is 2.44. The van der Waals surface area contributed by atoms with Crippen LogP contribution in [0.25, 0.3) is 16.7 Å². The molecule has 0 radical (unpaired) electrons. The summed E-state index contributed by atoms with van der Waals surface area (Å²) in [4.78, 5) is 11.6. The SMILES string of the molecule is Cc1ccc(-n2nccn2)c(N2CCC[C@@]2(C)c2nc3c(Cl)cc(C(F)(F)F)cc3[nH]2)c1. The highest BCUT2D eigenvalue weighted by atomic mass is 35.5. The molecule has 0 saturated carbocycles. The Balaban J connectivity index is 1.64. The van der Waals surface area contributed by atoms with E-state index in [0.29, 0.717) is 11.3 Å². The topological polar surface area (TPSA) is 62.6 Å². The lowest BCUT2D eigenvalue weighted by atomic mass is 9.97. The van der Waals surface area contributed by atoms with Crippen molar-refractivity contribution in [1.82, 2.24) is 25.0 Å². The standard InChI is InChI=1S/C22H20ClF3N6/c1-13-4-5-17(32-27-7-8-28-32)18(10-13)31-9-3-6-21(31,2)20-29-16-12-14(22(24,25)26)11-15(23)19(16)30-20/h4-5,7-8,10-12H,3,6,9H2,1-2H3,(H,29,30)/t21-/m0/s1. The molecule has 166 valence electrons. The van der Waals surface area contributed by atoms with E-state index in [1.807, 2.05) is 26.0 Å². The summed E-state index contributed by atoms with van der Waals surface area (Å²) in [6.45, 7) is 4.81. The minimum Gasteiger partial charge on any atom is -0.357 e. The summed E-state index contributed by atoms with van der Waals surface area (Å²) < 4.78 is 39.8. The van der Waals surface area contributed by atoms with Crippen molar-refractivity contribution in [3.8, 4) is 5.69 Å². The summed E-state index contributed by atoms with van der Waals surface area (Å²) >= 11 is 6.18. The van der Waals surface area contributed by atoms with Crippen LogP contribution in [0.1, 0.15) is 36.7 Å². The van der Waals surface area contributed by atoms with Crippen LogP contribution in [-0.2, 0) is 11.7 Å². The lowest BCUT2D eigenvalue weighted by Crippen LogP contribution is -2.40. The number of aryl methyl sites for hydroxylation is 1. The van der Waals surface area contributed by atoms with E-state index in [2.05, 4.69) is 31.1 Å². The molecule has 2 aromatic carbocycles. The average molecular weight is 461 g/mol. The number of aromatic nitrogens is 5. The number of hydrogen-bond acceptors (Lipinski definition) is 4. The number of H-pyrrole nitrogens is 1. The van der Waals surface area contributed by atoms with Gasteiger partial charge in [-0.2, -0.15) is 23.4 Å². The maximum atomic E-state index is 13.3. The molecule has 0 bridgehead atoms. The molecule has 0 aliphatic carbocycles. The van der Waals surface area contributed by atoms with E-state index in [0.717, 1.165) is 48.5 Å². The van der Waals surface area contributed by atoms with Crippen molar-refractivity contribution in [2.45, 2.75) is 38.4 Å². The number of halogens is 4. The third kappa shape index (κ3) is 3.31. The van der Waals surface area contributed by atoms with Crippen LogP contribution in [0, 0.1) is 6.92 Å². The van der Waals surface area contributed by atoms with Crippen molar-refractivity contribution in [1.29, 1.82) is 0 Å². The molecule has 5 rings (SSSR count). The molecule has 2 aromatic heterocycles. The van der Waals surface area contributed by atoms with E-state index in [4.69, 9.17) is 11.6 Å². The first-order chi connectivity index (χ1) is 15.2. The van der Waals surface area contributed by atoms with Gasteiger partial charge in [0, 0.05) is 6.54 Å². The fourth-order valence-electron chi connectivity index (χ4n) is 4.45. The molecule has 1 aliphatic rings. The molecule has 1 saturated heterocycles. The Morgan fingerprint density at radius 2 is 1.84 bits per heavy atom. The maximum Gasteiger partial charge on any atom is 0.416 e. The van der Waals surface area contributed by atoms with Crippen LogP contribution < -0.4 is 4.90 Å². The second-order valence-corrected chi connectivity index (χ2v) is 8.68. The molecule has 0 spiro atoms. The first-order valence-corrected chi connectivity index (χ1v) is 10.6. The number of hydrogen-bond donors (Lipinski definition) is 1. The van der Waals surface area contributed by atoms with Gasteiger partial charge in [0.05, 0.1) is 39.7 Å². The van der Waals surface area contributed by atoms with Crippen LogP contribution in [0.2, 0.25) is 5.02 Å². The van der Waals surface area contributed by atoms with E-state index in [9.17, 15) is 13.2 Å². The van der Waals surface area contributed by atoms with Gasteiger partial charge in [0.2, 0.25) is 0 Å². The molecular weight excluding hydrogens is 441 g/mol. The van der Waals surface area contributed by atoms with Gasteiger partial charge < -0.3 is 9.88 Å². The number of nitrogens with one attached hydrogen (secondary N) is 1. The van der Waals surface area contributed by atoms with Crippen molar-refractivity contribution in [3.05, 3.63) is 64.7 Å². The number of nitrogens with zero attached hydrogens (tertiary/aromatic N) is 5. The van der Waals surface area contributed by atoms with Gasteiger partial charge in [-0.15, -0.1) is 4.80 Å². The van der Waals surface area contributed by atoms with Crippen molar-refractivity contribution < 1.29 is 13.2 Å². The van der Waals surface area contributed by atoms with E-state index in [-0.39, 0.29) is 10.5 Å². The van der Waals surface area contributed by atoms with Crippen LogP contribution in [-0.4, -0.2) is 31.5 Å². The third-order valence-electron chi connectivity index (χ3n) is 6.07. The Bertz CT molecular complexity index is 1300. The quantitative estimate of drug-likeness (QED) is 0.430. The lowest BCUT2D eigenvalue weighted by molar-refractivity contribution is -0.137. The zero-order chi connectivity index (χ0) is 22.7. The molecule has 0 unspecified atom stereocenters. The Morgan fingerprint density at radius 1 is 1.09 bits per heavy atom. The summed E-state index contributed by atoms with van der Waals surface area (Å²) in [5.74, 6) is 0.576. The van der Waals surface area contributed by atoms with E-state index >= 15 is 0 Å². The Kier molecular flexibility index (Phi) is 4.70. The van der Waals surface area contributed by atoms with Crippen molar-refractivity contribution in [3.63, 3.8) is 0 Å². The highest BCUT2D eigenvalue weighted by Gasteiger charge is 2.42. The molecule has 3 heterocycles. The van der Waals surface area contributed by atoms with Crippen LogP contribution in [0.5, 0.6) is 0 Å². The Labute approximate surface area is 187 Å². The predicted molar refractivity (Wildman–Crippen MR) is 116 cm³/mol. The van der Waals surface area contributed by atoms with Gasteiger partial charge in [0.1, 0.15) is 17.0 Å². The smallest absolute Gasteiger partial charge is 0.357 e. The molecule has 1 N–H and O–H groups in total. The largest absolute Gasteiger partial charge is 0.416 e. The Hall–Kier alpha value is -3.07. The molecule has 1 fully saturated rings. The second-order valence-electron chi connectivity index (χ2n) is 8.28. The predicted octanol–water partition coefficient (Wildman–Crippen LogP) is 5.64. The molecular formula is C22H20ClF3N6. The van der Waals surface area contributed by atoms with Crippen LogP contribution in [0.4, 0.5) is 18.9 Å². The van der Waals surface area contributed by atoms with Gasteiger partial charge in [-0.25, -0.2) is 4.98 Å². The van der Waals surface area contributed by atoms with Gasteiger partial charge in [0.25, 0.3) is 0 Å². The fourth-order valence-corrected chi connectivity index (χ4v) is 4.71. The molecule has 1 atom stereocenters. The number of aromatic amines is 1. The number of alkyl halides is 3. The van der Waals surface area contributed by atoms with Crippen LogP contribution in [0.15, 0.2) is 42.7 Å². The van der Waals surface area contributed by atoms with Gasteiger partial charge >= 0.3 is 6.18 Å². The van der Waals surface area contributed by atoms with E-state index < -0.39 is 17.3 Å². The molecule has 6 nitrogen and oxygen atoms in total. The molecule has 10 heteroatoms. The molecule has 4 aromatic rings. The van der Waals surface area contributed by atoms with Gasteiger partial charge in [0.15, 0.2) is 0 Å². The first kappa shape index (κ1) is 20.8. The van der Waals surface area contributed by atoms with E-state index in [1.54, 1.807) is 17.2 Å². The number of anilines is 1. The van der Waals surface area contributed by atoms with Gasteiger partial charge in [-0.05, 0) is 56.5 Å². The van der Waals surface area contributed by atoms with Crippen LogP contribution in [0.3, 0.4) is 0 Å². The zero-order valence-electron chi connectivity index (χ0n) is 17.4. The third-order valence-corrected chi connectivity index (χ3v) is 6.36. The summed E-state index contributed by atoms with van der Waals surface area (Å²) in [6, 6.07) is 8.01. The van der Waals surface area contributed by atoms with Gasteiger partial charge in [-0.3, -0.25) is 0 Å². The van der Waals surface area contributed by atoms with Crippen molar-refractivity contribution in [2.24, 2.45) is 0 Å². The number of rotatable bonds is 3. The average Bonchev–Trinajstić information content (AvgIpc) is 3.47. The fraction of sp³-hybridized carbons (Fsp3) is 0.318. The summed E-state index contributed by atoms with van der Waals surface area (Å²) in [5, 5.41) is 8.53. The van der Waals surface area contributed by atoms with Gasteiger partial charge in [-0.1, -0.05) is 17.7 Å². The summed E-state index contributed by atoms with van der Waals surface area (Å²) in [5.41, 5.74) is 2.06. The number of imidazole rings is 1. The summed E-state index contributed by atoms with van der Waals surface area (Å²) in [7, 11) is 0. The minimum atomic E-state index is -4.49. The summed E-state index contributed by atoms with van der Waals surface area (Å²) in [6.07, 6.45) is 0.420. The van der Waals surface area contributed by atoms with Crippen molar-refractivity contribution in [2.75, 3.05) is 11.4 Å². The Morgan fingerprint density at radius 3 is 2.56 bits per heavy atom. The molecule has 32 heavy (non-hydrogen) atoms. The monoisotopic (exact) mass is 460 g/mol. The number of benzene rings is 2. The maximum absolute atomic E-state index is 13.3. The first-order valence-electron chi connectivity index (χ1n) is 10.2. The normalized spacial score (nSPS) is 19.2. The van der Waals surface area contributed by atoms with Crippen molar-refractivity contribution >= 4 is 28.3 Å². The number of fused-ring (bicyclic) bond motifs is 1. The van der Waals surface area contributed by atoms with Crippen LogP contribution >= 0.6 is 11.6 Å². The second kappa shape index (κ2) is 7.23.